The van der Waals surface area contributed by atoms with Crippen LogP contribution in [-0.2, 0) is 17.1 Å². The standard InChI is InChI=1S/2ClHO4.Cu/c2*2-1(3,4)5;/h2*(H,2,3,4,5);/q;;+2/p-2. The summed E-state index contributed by atoms with van der Waals surface area (Å²) < 4.78 is 67.9. The van der Waals surface area contributed by atoms with Crippen molar-refractivity contribution in [2.24, 2.45) is 0 Å². The van der Waals surface area contributed by atoms with Gasteiger partial charge in [0.05, 0.1) is 0 Å². The summed E-state index contributed by atoms with van der Waals surface area (Å²) in [5.41, 5.74) is 0. The first-order valence-electron chi connectivity index (χ1n) is 1.23. The molecule has 0 saturated heterocycles. The Bertz CT molecular complexity index is 55.1. The fourth-order valence-electron chi connectivity index (χ4n) is 0. The van der Waals surface area contributed by atoms with Crippen molar-refractivity contribution in [2.45, 2.75) is 0 Å². The van der Waals surface area contributed by atoms with Gasteiger partial charge in [0, 0.05) is 0 Å². The Morgan fingerprint density at radius 1 is 0.455 bits per heavy atom. The predicted molar refractivity (Wildman–Crippen MR) is 0 cm³/mol. The van der Waals surface area contributed by atoms with Crippen LogP contribution in [-0.4, -0.2) is 0 Å². The van der Waals surface area contributed by atoms with Gasteiger partial charge in [-0.05, 0) is 0 Å². The van der Waals surface area contributed by atoms with Crippen molar-refractivity contribution >= 4 is 0 Å². The number of hydrogen-bond acceptors (Lipinski definition) is 8. The Morgan fingerprint density at radius 2 is 0.455 bits per heavy atom. The zero-order valence-corrected chi connectivity index (χ0v) is 6.78. The van der Waals surface area contributed by atoms with Gasteiger partial charge < -0.3 is 0 Å². The van der Waals surface area contributed by atoms with Crippen LogP contribution in [0.2, 0.25) is 0 Å². The number of rotatable bonds is 0. The second-order valence-electron chi connectivity index (χ2n) is 0.756. The molecule has 0 aromatic rings. The van der Waals surface area contributed by atoms with Gasteiger partial charge >= 0.3 is 17.1 Å². The molecule has 73 valence electrons. The number of hydrogen-bond donors (Lipinski definition) is 0. The average molecular weight is 262 g/mol. The predicted octanol–water partition coefficient (Wildman–Crippen LogP) is -9.51. The Balaban J connectivity index is -0.000000107. The Kier molecular flexibility index (Phi) is 10.2. The molecule has 0 aliphatic heterocycles. The first kappa shape index (κ1) is 17.8. The third-order valence-electron chi connectivity index (χ3n) is 0. The molecule has 0 saturated carbocycles. The van der Waals surface area contributed by atoms with Gasteiger partial charge in [-0.1, -0.05) is 0 Å². The molecule has 0 spiro atoms. The van der Waals surface area contributed by atoms with Crippen LogP contribution in [0.1, 0.15) is 0 Å². The molecule has 0 unspecified atom stereocenters. The van der Waals surface area contributed by atoms with E-state index in [-0.39, 0.29) is 17.1 Å². The fourth-order valence-corrected chi connectivity index (χ4v) is 0. The van der Waals surface area contributed by atoms with E-state index in [0.29, 0.717) is 0 Å². The first-order valence-corrected chi connectivity index (χ1v) is 3.70. The summed E-state index contributed by atoms with van der Waals surface area (Å²) in [6.45, 7) is 0. The number of halogens is 2. The van der Waals surface area contributed by atoms with E-state index in [1.54, 1.807) is 0 Å². The molecule has 0 N–H and O–H groups in total. The average Bonchev–Trinajstić information content (AvgIpc) is 1.12. The van der Waals surface area contributed by atoms with Crippen molar-refractivity contribution in [3.05, 3.63) is 0 Å². The van der Waals surface area contributed by atoms with Crippen molar-refractivity contribution in [2.75, 3.05) is 0 Å². The largest absolute Gasteiger partial charge is 2.00 e. The zero-order valence-electron chi connectivity index (χ0n) is 4.32. The van der Waals surface area contributed by atoms with E-state index in [1.165, 1.54) is 0 Å². The molecule has 0 bridgehead atoms. The van der Waals surface area contributed by atoms with E-state index in [2.05, 4.69) is 0 Å². The summed E-state index contributed by atoms with van der Waals surface area (Å²) in [4.78, 5) is 0. The molecule has 0 heterocycles. The van der Waals surface area contributed by atoms with Crippen LogP contribution in [0.15, 0.2) is 0 Å². The van der Waals surface area contributed by atoms with Crippen molar-refractivity contribution in [1.29, 1.82) is 0 Å². The van der Waals surface area contributed by atoms with Gasteiger partial charge in [-0.15, -0.1) is 20.5 Å². The van der Waals surface area contributed by atoms with Crippen LogP contribution in [0.5, 0.6) is 0 Å². The van der Waals surface area contributed by atoms with Crippen LogP contribution < -0.4 is 37.3 Å². The van der Waals surface area contributed by atoms with Gasteiger partial charge in [-0.25, -0.2) is 37.3 Å². The third kappa shape index (κ3) is 1370. The minimum Gasteiger partial charge on any atom is -0.222 e. The molecule has 0 aliphatic rings. The van der Waals surface area contributed by atoms with Gasteiger partial charge in [-0.2, -0.15) is 0 Å². The summed E-state index contributed by atoms with van der Waals surface area (Å²) in [5.74, 6) is 0. The summed E-state index contributed by atoms with van der Waals surface area (Å²) in [5, 5.41) is 0. The molecule has 0 aromatic heterocycles. The maximum absolute atomic E-state index is 8.49. The second kappa shape index (κ2) is 6.31. The Hall–Kier alpha value is 0.779. The van der Waals surface area contributed by atoms with Crippen molar-refractivity contribution < 1.29 is 74.8 Å². The molecular formula is Cl2CuO8. The van der Waals surface area contributed by atoms with E-state index >= 15 is 0 Å². The normalized spacial score (nSPS) is 10.9. The van der Waals surface area contributed by atoms with E-state index in [0.717, 1.165) is 0 Å². The molecule has 1 radical (unpaired) electrons. The molecule has 0 fully saturated rings. The second-order valence-corrected chi connectivity index (χ2v) is 2.27. The van der Waals surface area contributed by atoms with Gasteiger partial charge in [0.1, 0.15) is 0 Å². The van der Waals surface area contributed by atoms with Gasteiger partial charge in [0.2, 0.25) is 0 Å². The van der Waals surface area contributed by atoms with Gasteiger partial charge in [-0.3, -0.25) is 0 Å². The van der Waals surface area contributed by atoms with Crippen LogP contribution in [0, 0.1) is 20.5 Å². The van der Waals surface area contributed by atoms with Crippen molar-refractivity contribution in [3.63, 3.8) is 0 Å². The SMILES string of the molecule is [Cu+2].[O-][Cl+3]([O-])([O-])[O-].[O-][Cl+3]([O-])([O-])[O-]. The van der Waals surface area contributed by atoms with Gasteiger partial charge in [0.25, 0.3) is 0 Å². The molecular weight excluding hydrogens is 262 g/mol. The zero-order chi connectivity index (χ0) is 9.00. The summed E-state index contributed by atoms with van der Waals surface area (Å²) >= 11 is 0. The van der Waals surface area contributed by atoms with Crippen LogP contribution >= 0.6 is 0 Å². The third-order valence-corrected chi connectivity index (χ3v) is 0. The summed E-state index contributed by atoms with van der Waals surface area (Å²) in [6.07, 6.45) is 0. The Morgan fingerprint density at radius 3 is 0.455 bits per heavy atom. The monoisotopic (exact) mass is 261 g/mol. The van der Waals surface area contributed by atoms with Crippen molar-refractivity contribution in [3.8, 4) is 0 Å². The molecule has 0 rings (SSSR count). The topological polar surface area (TPSA) is 184 Å². The molecule has 0 amide bonds. The van der Waals surface area contributed by atoms with E-state index in [4.69, 9.17) is 37.3 Å². The minimum absolute atomic E-state index is 0. The quantitative estimate of drug-likeness (QED) is 0.385. The van der Waals surface area contributed by atoms with E-state index < -0.39 is 20.5 Å². The fraction of sp³-hybridized carbons (Fsp3) is 0. The molecule has 0 aliphatic carbocycles. The van der Waals surface area contributed by atoms with E-state index in [9.17, 15) is 0 Å². The van der Waals surface area contributed by atoms with Crippen molar-refractivity contribution in [1.82, 2.24) is 0 Å². The Labute approximate surface area is 75.3 Å². The minimum atomic E-state index is -4.94. The first-order chi connectivity index (χ1) is 4.00. The molecule has 0 aromatic carbocycles. The van der Waals surface area contributed by atoms with Gasteiger partial charge in [0.15, 0.2) is 0 Å². The van der Waals surface area contributed by atoms with E-state index in [1.807, 2.05) is 0 Å². The molecule has 11 heteroatoms. The van der Waals surface area contributed by atoms with Crippen LogP contribution in [0.4, 0.5) is 0 Å². The molecule has 8 nitrogen and oxygen atoms in total. The molecule has 11 heavy (non-hydrogen) atoms. The summed E-state index contributed by atoms with van der Waals surface area (Å²) in [7, 11) is -9.89. The maximum atomic E-state index is 8.49. The summed E-state index contributed by atoms with van der Waals surface area (Å²) in [6, 6.07) is 0. The smallest absolute Gasteiger partial charge is 0.222 e. The maximum Gasteiger partial charge on any atom is 2.00 e. The molecule has 0 atom stereocenters. The van der Waals surface area contributed by atoms with Crippen LogP contribution in [0.3, 0.4) is 0 Å². The van der Waals surface area contributed by atoms with Crippen LogP contribution in [0.25, 0.3) is 0 Å².